The SMILES string of the molecule is CN(C)c1ccc(F)cc1/C=C/CN. The van der Waals surface area contributed by atoms with E-state index in [4.69, 9.17) is 5.73 Å². The van der Waals surface area contributed by atoms with Crippen LogP contribution in [-0.2, 0) is 0 Å². The minimum absolute atomic E-state index is 0.229. The first-order chi connectivity index (χ1) is 6.65. The molecular formula is C11H15FN2. The summed E-state index contributed by atoms with van der Waals surface area (Å²) in [6.07, 6.45) is 3.64. The maximum Gasteiger partial charge on any atom is 0.123 e. The fourth-order valence-corrected chi connectivity index (χ4v) is 1.26. The van der Waals surface area contributed by atoms with Gasteiger partial charge in [0.2, 0.25) is 0 Å². The molecule has 0 atom stereocenters. The monoisotopic (exact) mass is 194 g/mol. The molecule has 0 fully saturated rings. The molecule has 0 saturated carbocycles. The van der Waals surface area contributed by atoms with E-state index in [0.29, 0.717) is 6.54 Å². The average Bonchev–Trinajstić information content (AvgIpc) is 2.14. The molecule has 14 heavy (non-hydrogen) atoms. The smallest absolute Gasteiger partial charge is 0.123 e. The minimum Gasteiger partial charge on any atom is -0.377 e. The second kappa shape index (κ2) is 4.77. The Balaban J connectivity index is 3.09. The molecule has 0 radical (unpaired) electrons. The van der Waals surface area contributed by atoms with E-state index < -0.39 is 0 Å². The van der Waals surface area contributed by atoms with Gasteiger partial charge in [-0.25, -0.2) is 4.39 Å². The third-order valence-corrected chi connectivity index (χ3v) is 1.90. The van der Waals surface area contributed by atoms with E-state index in [1.54, 1.807) is 6.07 Å². The highest BCUT2D eigenvalue weighted by Gasteiger charge is 2.02. The molecule has 0 aliphatic heterocycles. The maximum absolute atomic E-state index is 13.0. The summed E-state index contributed by atoms with van der Waals surface area (Å²) in [5.41, 5.74) is 7.18. The third kappa shape index (κ3) is 2.57. The Hall–Kier alpha value is -1.35. The summed E-state index contributed by atoms with van der Waals surface area (Å²) in [4.78, 5) is 1.94. The van der Waals surface area contributed by atoms with E-state index in [1.807, 2.05) is 31.1 Å². The number of halogens is 1. The molecular weight excluding hydrogens is 179 g/mol. The van der Waals surface area contributed by atoms with Crippen LogP contribution in [0.5, 0.6) is 0 Å². The lowest BCUT2D eigenvalue weighted by Gasteiger charge is -2.15. The van der Waals surface area contributed by atoms with E-state index in [-0.39, 0.29) is 5.82 Å². The van der Waals surface area contributed by atoms with Crippen LogP contribution in [0.1, 0.15) is 5.56 Å². The van der Waals surface area contributed by atoms with Crippen LogP contribution in [0.15, 0.2) is 24.3 Å². The van der Waals surface area contributed by atoms with Gasteiger partial charge in [0.15, 0.2) is 0 Å². The second-order valence-corrected chi connectivity index (χ2v) is 3.24. The van der Waals surface area contributed by atoms with Gasteiger partial charge in [0.25, 0.3) is 0 Å². The highest BCUT2D eigenvalue weighted by atomic mass is 19.1. The summed E-state index contributed by atoms with van der Waals surface area (Å²) in [7, 11) is 3.85. The molecule has 0 amide bonds. The zero-order valence-electron chi connectivity index (χ0n) is 8.50. The third-order valence-electron chi connectivity index (χ3n) is 1.90. The van der Waals surface area contributed by atoms with Crippen molar-refractivity contribution in [1.29, 1.82) is 0 Å². The summed E-state index contributed by atoms with van der Waals surface area (Å²) in [6.45, 7) is 0.462. The van der Waals surface area contributed by atoms with Crippen LogP contribution in [0.2, 0.25) is 0 Å². The number of nitrogens with two attached hydrogens (primary N) is 1. The normalized spacial score (nSPS) is 10.9. The fourth-order valence-electron chi connectivity index (χ4n) is 1.26. The van der Waals surface area contributed by atoms with E-state index >= 15 is 0 Å². The molecule has 76 valence electrons. The lowest BCUT2D eigenvalue weighted by molar-refractivity contribution is 0.627. The van der Waals surface area contributed by atoms with E-state index in [0.717, 1.165) is 11.3 Å². The van der Waals surface area contributed by atoms with Crippen LogP contribution >= 0.6 is 0 Å². The Kier molecular flexibility index (Phi) is 3.65. The van der Waals surface area contributed by atoms with Crippen molar-refractivity contribution < 1.29 is 4.39 Å². The number of hydrogen-bond acceptors (Lipinski definition) is 2. The number of rotatable bonds is 3. The molecule has 3 heteroatoms. The van der Waals surface area contributed by atoms with Gasteiger partial charge in [-0.15, -0.1) is 0 Å². The Bertz CT molecular complexity index is 332. The average molecular weight is 194 g/mol. The van der Waals surface area contributed by atoms with Crippen molar-refractivity contribution in [3.8, 4) is 0 Å². The lowest BCUT2D eigenvalue weighted by Crippen LogP contribution is -2.10. The van der Waals surface area contributed by atoms with Crippen molar-refractivity contribution in [2.75, 3.05) is 25.5 Å². The van der Waals surface area contributed by atoms with Gasteiger partial charge >= 0.3 is 0 Å². The number of hydrogen-bond donors (Lipinski definition) is 1. The van der Waals surface area contributed by atoms with Gasteiger partial charge in [-0.2, -0.15) is 0 Å². The molecule has 0 heterocycles. The van der Waals surface area contributed by atoms with Gasteiger partial charge in [0.05, 0.1) is 0 Å². The molecule has 1 aromatic carbocycles. The number of nitrogens with zero attached hydrogens (tertiary/aromatic N) is 1. The summed E-state index contributed by atoms with van der Waals surface area (Å²) in [6, 6.07) is 4.71. The first kappa shape index (κ1) is 10.7. The van der Waals surface area contributed by atoms with E-state index in [9.17, 15) is 4.39 Å². The van der Waals surface area contributed by atoms with Gasteiger partial charge in [0.1, 0.15) is 5.82 Å². The van der Waals surface area contributed by atoms with E-state index in [2.05, 4.69) is 0 Å². The van der Waals surface area contributed by atoms with Crippen molar-refractivity contribution in [1.82, 2.24) is 0 Å². The molecule has 0 saturated heterocycles. The quantitative estimate of drug-likeness (QED) is 0.795. The van der Waals surface area contributed by atoms with Crippen molar-refractivity contribution in [3.63, 3.8) is 0 Å². The molecule has 0 unspecified atom stereocenters. The molecule has 2 nitrogen and oxygen atoms in total. The second-order valence-electron chi connectivity index (χ2n) is 3.24. The van der Waals surface area contributed by atoms with Crippen LogP contribution in [0.4, 0.5) is 10.1 Å². The molecule has 0 spiro atoms. The summed E-state index contributed by atoms with van der Waals surface area (Å²) >= 11 is 0. The van der Waals surface area contributed by atoms with Crippen molar-refractivity contribution in [3.05, 3.63) is 35.7 Å². The van der Waals surface area contributed by atoms with Crippen LogP contribution in [-0.4, -0.2) is 20.6 Å². The molecule has 0 aromatic heterocycles. The van der Waals surface area contributed by atoms with Crippen molar-refractivity contribution >= 4 is 11.8 Å². The molecule has 1 rings (SSSR count). The molecule has 1 aromatic rings. The fraction of sp³-hybridized carbons (Fsp3) is 0.273. The van der Waals surface area contributed by atoms with Gasteiger partial charge in [-0.3, -0.25) is 0 Å². The Morgan fingerprint density at radius 1 is 1.43 bits per heavy atom. The zero-order valence-corrected chi connectivity index (χ0v) is 8.50. The zero-order chi connectivity index (χ0) is 10.6. The molecule has 2 N–H and O–H groups in total. The van der Waals surface area contributed by atoms with Gasteiger partial charge < -0.3 is 10.6 Å². The largest absolute Gasteiger partial charge is 0.377 e. The Morgan fingerprint density at radius 3 is 2.71 bits per heavy atom. The first-order valence-electron chi connectivity index (χ1n) is 4.48. The highest BCUT2D eigenvalue weighted by Crippen LogP contribution is 2.20. The predicted molar refractivity (Wildman–Crippen MR) is 58.8 cm³/mol. The summed E-state index contributed by atoms with van der Waals surface area (Å²) in [5, 5.41) is 0. The van der Waals surface area contributed by atoms with Gasteiger partial charge in [0, 0.05) is 31.9 Å². The van der Waals surface area contributed by atoms with Gasteiger partial charge in [-0.1, -0.05) is 12.2 Å². The van der Waals surface area contributed by atoms with Crippen LogP contribution < -0.4 is 10.6 Å². The lowest BCUT2D eigenvalue weighted by atomic mass is 10.1. The molecule has 0 bridgehead atoms. The molecule has 0 aliphatic rings. The van der Waals surface area contributed by atoms with Crippen LogP contribution in [0.25, 0.3) is 6.08 Å². The minimum atomic E-state index is -0.229. The first-order valence-corrected chi connectivity index (χ1v) is 4.48. The summed E-state index contributed by atoms with van der Waals surface area (Å²) < 4.78 is 13.0. The van der Waals surface area contributed by atoms with Crippen LogP contribution in [0, 0.1) is 5.82 Å². The van der Waals surface area contributed by atoms with Gasteiger partial charge in [-0.05, 0) is 18.2 Å². The highest BCUT2D eigenvalue weighted by molar-refractivity contribution is 5.67. The number of anilines is 1. The van der Waals surface area contributed by atoms with Crippen LogP contribution in [0.3, 0.4) is 0 Å². The Labute approximate surface area is 83.8 Å². The number of benzene rings is 1. The Morgan fingerprint density at radius 2 is 2.14 bits per heavy atom. The summed E-state index contributed by atoms with van der Waals surface area (Å²) in [5.74, 6) is -0.229. The van der Waals surface area contributed by atoms with Crippen molar-refractivity contribution in [2.45, 2.75) is 0 Å². The standard InChI is InChI=1S/C11H15FN2/c1-14(2)11-6-5-10(12)8-9(11)4-3-7-13/h3-6,8H,7,13H2,1-2H3/b4-3+. The topological polar surface area (TPSA) is 29.3 Å². The predicted octanol–water partition coefficient (Wildman–Crippen LogP) is 1.86. The maximum atomic E-state index is 13.0. The molecule has 0 aliphatic carbocycles. The van der Waals surface area contributed by atoms with Crippen molar-refractivity contribution in [2.24, 2.45) is 5.73 Å². The van der Waals surface area contributed by atoms with E-state index in [1.165, 1.54) is 12.1 Å².